The molecule has 0 saturated carbocycles. The number of nitrogens with zero attached hydrogens (tertiary/aromatic N) is 3. The summed E-state index contributed by atoms with van der Waals surface area (Å²) in [5.74, 6) is 0.0611. The van der Waals surface area contributed by atoms with Crippen LogP contribution < -0.4 is 4.74 Å². The quantitative estimate of drug-likeness (QED) is 0.795. The third-order valence-corrected chi connectivity index (χ3v) is 6.39. The lowest BCUT2D eigenvalue weighted by Crippen LogP contribution is -2.56. The Morgan fingerprint density at radius 2 is 1.97 bits per heavy atom. The number of carbonyl (C=O) groups excluding carboxylic acids is 3. The van der Waals surface area contributed by atoms with Crippen molar-refractivity contribution < 1.29 is 19.1 Å². The van der Waals surface area contributed by atoms with Crippen molar-refractivity contribution in [2.75, 3.05) is 33.8 Å². The van der Waals surface area contributed by atoms with Gasteiger partial charge < -0.3 is 24.4 Å². The summed E-state index contributed by atoms with van der Waals surface area (Å²) in [7, 11) is 3.39. The van der Waals surface area contributed by atoms with E-state index in [0.29, 0.717) is 25.2 Å². The van der Waals surface area contributed by atoms with Crippen LogP contribution in [0.25, 0.3) is 0 Å². The molecule has 3 heterocycles. The van der Waals surface area contributed by atoms with E-state index in [1.54, 1.807) is 42.3 Å². The Labute approximate surface area is 181 Å². The highest BCUT2D eigenvalue weighted by atomic mass is 16.5. The number of rotatable bonds is 5. The minimum absolute atomic E-state index is 0.00549. The smallest absolute Gasteiger partial charge is 0.270 e. The lowest BCUT2D eigenvalue weighted by molar-refractivity contribution is -0.140. The van der Waals surface area contributed by atoms with Crippen molar-refractivity contribution in [2.45, 2.75) is 25.4 Å². The van der Waals surface area contributed by atoms with E-state index >= 15 is 0 Å². The average Bonchev–Trinajstić information content (AvgIpc) is 3.46. The number of carbonyl (C=O) groups is 3. The summed E-state index contributed by atoms with van der Waals surface area (Å²) >= 11 is 0. The highest BCUT2D eigenvalue weighted by Crippen LogP contribution is 2.44. The fourth-order valence-corrected chi connectivity index (χ4v) is 4.70. The Hall–Kier alpha value is -3.29. The van der Waals surface area contributed by atoms with Crippen LogP contribution in [-0.2, 0) is 9.59 Å². The van der Waals surface area contributed by atoms with Crippen molar-refractivity contribution in [3.8, 4) is 5.75 Å². The highest BCUT2D eigenvalue weighted by molar-refractivity contribution is 5.96. The molecule has 31 heavy (non-hydrogen) atoms. The maximum Gasteiger partial charge on any atom is 0.270 e. The molecule has 0 spiro atoms. The SMILES string of the molecule is CCN(C)C(=O)[C@H]1C[C@H]2CN(C(=O)c3ccc[nH]3)CC(=O)N2[C@H]1c1ccc(OC)cc1. The van der Waals surface area contributed by atoms with Gasteiger partial charge >= 0.3 is 0 Å². The number of hydrogen-bond acceptors (Lipinski definition) is 4. The number of ether oxygens (including phenoxy) is 1. The summed E-state index contributed by atoms with van der Waals surface area (Å²) < 4.78 is 5.26. The monoisotopic (exact) mass is 424 g/mol. The first-order valence-electron chi connectivity index (χ1n) is 10.6. The summed E-state index contributed by atoms with van der Waals surface area (Å²) in [4.78, 5) is 47.3. The third-order valence-electron chi connectivity index (χ3n) is 6.39. The van der Waals surface area contributed by atoms with Crippen molar-refractivity contribution in [3.63, 3.8) is 0 Å². The molecule has 1 aromatic carbocycles. The number of hydrogen-bond donors (Lipinski definition) is 1. The summed E-state index contributed by atoms with van der Waals surface area (Å²) in [6.07, 6.45) is 2.22. The van der Waals surface area contributed by atoms with Crippen molar-refractivity contribution >= 4 is 17.7 Å². The van der Waals surface area contributed by atoms with Crippen molar-refractivity contribution in [3.05, 3.63) is 53.9 Å². The van der Waals surface area contributed by atoms with Gasteiger partial charge in [-0.05, 0) is 43.2 Å². The van der Waals surface area contributed by atoms with Crippen molar-refractivity contribution in [2.24, 2.45) is 5.92 Å². The van der Waals surface area contributed by atoms with Gasteiger partial charge in [0.05, 0.1) is 25.1 Å². The number of amides is 3. The minimum atomic E-state index is -0.354. The van der Waals surface area contributed by atoms with Crippen LogP contribution >= 0.6 is 0 Å². The van der Waals surface area contributed by atoms with E-state index < -0.39 is 0 Å². The molecule has 0 bridgehead atoms. The van der Waals surface area contributed by atoms with Gasteiger partial charge in [0.2, 0.25) is 11.8 Å². The number of nitrogens with one attached hydrogen (secondary N) is 1. The van der Waals surface area contributed by atoms with E-state index in [9.17, 15) is 14.4 Å². The molecule has 164 valence electrons. The molecule has 3 atom stereocenters. The standard InChI is InChI=1S/C23H28N4O4/c1-4-25(2)22(29)18-12-16-13-26(23(30)19-6-5-11-24-19)14-20(28)27(16)21(18)15-7-9-17(31-3)10-8-15/h5-11,16,18,21,24H,4,12-14H2,1-3H3/t16-,18-,21-/m0/s1. The van der Waals surface area contributed by atoms with Gasteiger partial charge in [-0.2, -0.15) is 0 Å². The highest BCUT2D eigenvalue weighted by Gasteiger charge is 2.51. The molecular weight excluding hydrogens is 396 g/mol. The average molecular weight is 425 g/mol. The molecule has 1 aromatic heterocycles. The number of fused-ring (bicyclic) bond motifs is 1. The summed E-state index contributed by atoms with van der Waals surface area (Å²) in [5, 5.41) is 0. The van der Waals surface area contributed by atoms with Gasteiger partial charge in [0.25, 0.3) is 5.91 Å². The minimum Gasteiger partial charge on any atom is -0.497 e. The number of aromatic amines is 1. The number of aromatic nitrogens is 1. The van der Waals surface area contributed by atoms with Crippen LogP contribution in [0.4, 0.5) is 0 Å². The first-order chi connectivity index (χ1) is 14.9. The molecule has 4 rings (SSSR count). The summed E-state index contributed by atoms with van der Waals surface area (Å²) in [6.45, 7) is 2.95. The zero-order chi connectivity index (χ0) is 22.1. The van der Waals surface area contributed by atoms with Gasteiger partial charge in [-0.3, -0.25) is 14.4 Å². The van der Waals surface area contributed by atoms with Crippen molar-refractivity contribution in [1.82, 2.24) is 19.7 Å². The van der Waals surface area contributed by atoms with E-state index in [4.69, 9.17) is 4.74 Å². The van der Waals surface area contributed by atoms with Crippen LogP contribution in [-0.4, -0.2) is 77.2 Å². The molecule has 2 fully saturated rings. The molecular formula is C23H28N4O4. The second-order valence-corrected chi connectivity index (χ2v) is 8.14. The van der Waals surface area contributed by atoms with E-state index in [1.165, 1.54) is 0 Å². The van der Waals surface area contributed by atoms with Crippen LogP contribution in [0.3, 0.4) is 0 Å². The largest absolute Gasteiger partial charge is 0.497 e. The van der Waals surface area contributed by atoms with Crippen LogP contribution in [0.15, 0.2) is 42.6 Å². The molecule has 8 heteroatoms. The third kappa shape index (κ3) is 3.78. The first kappa shape index (κ1) is 21.0. The lowest BCUT2D eigenvalue weighted by atomic mass is 9.91. The van der Waals surface area contributed by atoms with E-state index in [0.717, 1.165) is 11.3 Å². The topological polar surface area (TPSA) is 86.0 Å². The van der Waals surface area contributed by atoms with E-state index in [2.05, 4.69) is 4.98 Å². The Morgan fingerprint density at radius 1 is 1.23 bits per heavy atom. The van der Waals surface area contributed by atoms with Gasteiger partial charge in [0, 0.05) is 26.3 Å². The maximum atomic E-state index is 13.2. The van der Waals surface area contributed by atoms with E-state index in [1.807, 2.05) is 36.1 Å². The number of benzene rings is 1. The molecule has 2 aromatic rings. The normalized spacial score (nSPS) is 22.9. The molecule has 8 nitrogen and oxygen atoms in total. The van der Waals surface area contributed by atoms with Crippen LogP contribution in [0.2, 0.25) is 0 Å². The molecule has 0 unspecified atom stereocenters. The van der Waals surface area contributed by atoms with Crippen molar-refractivity contribution in [1.29, 1.82) is 0 Å². The van der Waals surface area contributed by atoms with E-state index in [-0.39, 0.29) is 42.3 Å². The number of piperazine rings is 1. The fraction of sp³-hybridized carbons (Fsp3) is 0.435. The predicted octanol–water partition coefficient (Wildman–Crippen LogP) is 1.92. The molecule has 2 aliphatic rings. The molecule has 1 N–H and O–H groups in total. The van der Waals surface area contributed by atoms with Crippen LogP contribution in [0, 0.1) is 5.92 Å². The number of methoxy groups -OCH3 is 1. The van der Waals surface area contributed by atoms with Crippen LogP contribution in [0.1, 0.15) is 35.4 Å². The molecule has 0 radical (unpaired) electrons. The lowest BCUT2D eigenvalue weighted by Gasteiger charge is -2.40. The molecule has 0 aliphatic carbocycles. The Kier molecular flexibility index (Phi) is 5.71. The number of H-pyrrole nitrogens is 1. The first-order valence-corrected chi connectivity index (χ1v) is 10.6. The zero-order valence-corrected chi connectivity index (χ0v) is 18.1. The predicted molar refractivity (Wildman–Crippen MR) is 114 cm³/mol. The van der Waals surface area contributed by atoms with Gasteiger partial charge in [-0.25, -0.2) is 0 Å². The van der Waals surface area contributed by atoms with Gasteiger partial charge in [-0.1, -0.05) is 12.1 Å². The Morgan fingerprint density at radius 3 is 2.58 bits per heavy atom. The van der Waals surface area contributed by atoms with Gasteiger partial charge in [0.1, 0.15) is 18.0 Å². The van der Waals surface area contributed by atoms with Gasteiger partial charge in [-0.15, -0.1) is 0 Å². The fourth-order valence-electron chi connectivity index (χ4n) is 4.70. The second kappa shape index (κ2) is 8.45. The second-order valence-electron chi connectivity index (χ2n) is 8.14. The Balaban J connectivity index is 1.65. The summed E-state index contributed by atoms with van der Waals surface area (Å²) in [6, 6.07) is 10.4. The molecule has 2 aliphatic heterocycles. The summed E-state index contributed by atoms with van der Waals surface area (Å²) in [5.41, 5.74) is 1.37. The maximum absolute atomic E-state index is 13.2. The zero-order valence-electron chi connectivity index (χ0n) is 18.1. The van der Waals surface area contributed by atoms with Crippen LogP contribution in [0.5, 0.6) is 5.75 Å². The van der Waals surface area contributed by atoms with Gasteiger partial charge in [0.15, 0.2) is 0 Å². The molecule has 2 saturated heterocycles. The Bertz CT molecular complexity index is 956. The molecule has 3 amide bonds.